The molecule has 4 N–H and O–H groups in total. The van der Waals surface area contributed by atoms with Gasteiger partial charge in [0, 0.05) is 5.56 Å². The Morgan fingerprint density at radius 2 is 1.95 bits per heavy atom. The number of rotatable bonds is 4. The number of ether oxygens (including phenoxy) is 1. The Balaban J connectivity index is 2.15. The predicted octanol–water partition coefficient (Wildman–Crippen LogP) is 2.34. The van der Waals surface area contributed by atoms with E-state index >= 15 is 0 Å². The average molecular weight is 265 g/mol. The smallest absolute Gasteiger partial charge is 0.120 e. The van der Waals surface area contributed by atoms with Gasteiger partial charge in [0.05, 0.1) is 19.3 Å². The molecule has 1 aromatic rings. The van der Waals surface area contributed by atoms with Gasteiger partial charge in [0.2, 0.25) is 0 Å². The molecule has 2 atom stereocenters. The third-order valence-electron chi connectivity index (χ3n) is 4.09. The Kier molecular flexibility index (Phi) is 4.66. The lowest BCUT2D eigenvalue weighted by molar-refractivity contribution is 0.0610. The molecule has 19 heavy (non-hydrogen) atoms. The van der Waals surface area contributed by atoms with E-state index in [0.29, 0.717) is 11.3 Å². The number of nitrogens with two attached hydrogens (primary N) is 1. The maximum absolute atomic E-state index is 10.4. The van der Waals surface area contributed by atoms with E-state index in [1.54, 1.807) is 25.3 Å². The van der Waals surface area contributed by atoms with Gasteiger partial charge < -0.3 is 20.7 Å². The summed E-state index contributed by atoms with van der Waals surface area (Å²) in [4.78, 5) is 0. The van der Waals surface area contributed by atoms with Gasteiger partial charge in [0.1, 0.15) is 11.5 Å². The van der Waals surface area contributed by atoms with Crippen LogP contribution in [-0.2, 0) is 0 Å². The van der Waals surface area contributed by atoms with Crippen molar-refractivity contribution in [1.29, 1.82) is 0 Å². The summed E-state index contributed by atoms with van der Waals surface area (Å²) >= 11 is 0. The first-order valence-electron chi connectivity index (χ1n) is 6.94. The Bertz CT molecular complexity index is 416. The molecule has 106 valence electrons. The van der Waals surface area contributed by atoms with E-state index in [1.165, 1.54) is 6.42 Å². The lowest BCUT2D eigenvalue weighted by Gasteiger charge is -2.30. The maximum atomic E-state index is 10.4. The minimum absolute atomic E-state index is 0.114. The van der Waals surface area contributed by atoms with Gasteiger partial charge in [-0.3, -0.25) is 0 Å². The summed E-state index contributed by atoms with van der Waals surface area (Å²) < 4.78 is 5.14. The first-order valence-corrected chi connectivity index (χ1v) is 6.94. The van der Waals surface area contributed by atoms with Crippen molar-refractivity contribution in [3.05, 3.63) is 23.8 Å². The minimum Gasteiger partial charge on any atom is -0.508 e. The Morgan fingerprint density at radius 1 is 1.26 bits per heavy atom. The molecule has 1 aliphatic rings. The molecule has 0 saturated heterocycles. The molecule has 0 spiro atoms. The quantitative estimate of drug-likeness (QED) is 0.781. The highest BCUT2D eigenvalue weighted by molar-refractivity contribution is 5.41. The van der Waals surface area contributed by atoms with Crippen LogP contribution in [0.25, 0.3) is 0 Å². The number of hydrogen-bond acceptors (Lipinski definition) is 4. The standard InChI is InChI=1S/C15H23NO3/c1-19-11-7-8-13(17)12(9-11)14(16)15(18)10-5-3-2-4-6-10/h7-10,14-15,17-18H,2-6,16H2,1H3/t14-,15+/m1/s1. The molecule has 1 aromatic carbocycles. The van der Waals surface area contributed by atoms with E-state index in [2.05, 4.69) is 0 Å². The van der Waals surface area contributed by atoms with Crippen LogP contribution in [0.5, 0.6) is 11.5 Å². The fraction of sp³-hybridized carbons (Fsp3) is 0.600. The van der Waals surface area contributed by atoms with Crippen LogP contribution in [-0.4, -0.2) is 23.4 Å². The van der Waals surface area contributed by atoms with Gasteiger partial charge in [-0.15, -0.1) is 0 Å². The summed E-state index contributed by atoms with van der Waals surface area (Å²) in [5.41, 5.74) is 6.68. The second-order valence-corrected chi connectivity index (χ2v) is 5.34. The van der Waals surface area contributed by atoms with Crippen molar-refractivity contribution < 1.29 is 14.9 Å². The van der Waals surface area contributed by atoms with E-state index in [9.17, 15) is 10.2 Å². The zero-order valence-electron chi connectivity index (χ0n) is 11.4. The summed E-state index contributed by atoms with van der Waals surface area (Å²) in [6.07, 6.45) is 4.96. The molecule has 0 radical (unpaired) electrons. The number of phenols is 1. The molecule has 2 rings (SSSR count). The summed E-state index contributed by atoms with van der Waals surface area (Å²) in [5, 5.41) is 20.3. The monoisotopic (exact) mass is 265 g/mol. The van der Waals surface area contributed by atoms with E-state index < -0.39 is 12.1 Å². The van der Waals surface area contributed by atoms with Crippen LogP contribution < -0.4 is 10.5 Å². The molecule has 1 aliphatic carbocycles. The number of aromatic hydroxyl groups is 1. The highest BCUT2D eigenvalue weighted by Gasteiger charge is 2.29. The molecule has 4 nitrogen and oxygen atoms in total. The third kappa shape index (κ3) is 3.19. The Labute approximate surface area is 114 Å². The lowest BCUT2D eigenvalue weighted by Crippen LogP contribution is -2.34. The zero-order chi connectivity index (χ0) is 13.8. The highest BCUT2D eigenvalue weighted by Crippen LogP contribution is 2.35. The van der Waals surface area contributed by atoms with Crippen LogP contribution in [0.2, 0.25) is 0 Å². The van der Waals surface area contributed by atoms with Gasteiger partial charge in [-0.05, 0) is 37.0 Å². The van der Waals surface area contributed by atoms with Crippen LogP contribution in [0.15, 0.2) is 18.2 Å². The number of aliphatic hydroxyl groups excluding tert-OH is 1. The molecule has 0 heterocycles. The van der Waals surface area contributed by atoms with Crippen LogP contribution >= 0.6 is 0 Å². The van der Waals surface area contributed by atoms with Gasteiger partial charge in [-0.1, -0.05) is 19.3 Å². The van der Waals surface area contributed by atoms with Crippen molar-refractivity contribution in [1.82, 2.24) is 0 Å². The number of hydrogen-bond donors (Lipinski definition) is 3. The minimum atomic E-state index is -0.613. The second-order valence-electron chi connectivity index (χ2n) is 5.34. The van der Waals surface area contributed by atoms with Crippen molar-refractivity contribution in [3.8, 4) is 11.5 Å². The van der Waals surface area contributed by atoms with Gasteiger partial charge in [0.15, 0.2) is 0 Å². The normalized spacial score (nSPS) is 19.9. The fourth-order valence-electron chi connectivity index (χ4n) is 2.88. The largest absolute Gasteiger partial charge is 0.508 e. The number of phenolic OH excluding ortho intramolecular Hbond substituents is 1. The van der Waals surface area contributed by atoms with Crippen molar-refractivity contribution >= 4 is 0 Å². The van der Waals surface area contributed by atoms with Crippen molar-refractivity contribution in [2.45, 2.75) is 44.2 Å². The zero-order valence-corrected chi connectivity index (χ0v) is 11.4. The molecular formula is C15H23NO3. The maximum Gasteiger partial charge on any atom is 0.120 e. The molecule has 0 aliphatic heterocycles. The molecule has 0 aromatic heterocycles. The summed E-state index contributed by atoms with van der Waals surface area (Å²) in [7, 11) is 1.57. The molecular weight excluding hydrogens is 242 g/mol. The van der Waals surface area contributed by atoms with Gasteiger partial charge in [-0.2, -0.15) is 0 Å². The predicted molar refractivity (Wildman–Crippen MR) is 74.2 cm³/mol. The van der Waals surface area contributed by atoms with Crippen molar-refractivity contribution in [3.63, 3.8) is 0 Å². The van der Waals surface area contributed by atoms with Gasteiger partial charge in [-0.25, -0.2) is 0 Å². The van der Waals surface area contributed by atoms with E-state index in [4.69, 9.17) is 10.5 Å². The van der Waals surface area contributed by atoms with Crippen molar-refractivity contribution in [2.24, 2.45) is 11.7 Å². The average Bonchev–Trinajstić information content (AvgIpc) is 2.47. The van der Waals surface area contributed by atoms with Gasteiger partial charge >= 0.3 is 0 Å². The second kappa shape index (κ2) is 6.26. The molecule has 0 amide bonds. The Morgan fingerprint density at radius 3 is 2.58 bits per heavy atom. The first-order chi connectivity index (χ1) is 9.13. The van der Waals surface area contributed by atoms with E-state index in [0.717, 1.165) is 25.7 Å². The lowest BCUT2D eigenvalue weighted by atomic mass is 9.81. The molecule has 4 heteroatoms. The highest BCUT2D eigenvalue weighted by atomic mass is 16.5. The fourth-order valence-corrected chi connectivity index (χ4v) is 2.88. The van der Waals surface area contributed by atoms with Crippen LogP contribution in [0.4, 0.5) is 0 Å². The van der Waals surface area contributed by atoms with E-state index in [1.807, 2.05) is 0 Å². The SMILES string of the molecule is COc1ccc(O)c([C@@H](N)[C@@H](O)C2CCCCC2)c1. The summed E-state index contributed by atoms with van der Waals surface area (Å²) in [6.45, 7) is 0. The Hall–Kier alpha value is -1.26. The van der Waals surface area contributed by atoms with Gasteiger partial charge in [0.25, 0.3) is 0 Å². The molecule has 1 fully saturated rings. The molecule has 1 saturated carbocycles. The van der Waals surface area contributed by atoms with Crippen LogP contribution in [0, 0.1) is 5.92 Å². The number of methoxy groups -OCH3 is 1. The summed E-state index contributed by atoms with van der Waals surface area (Å²) in [5.74, 6) is 0.983. The van der Waals surface area contributed by atoms with E-state index in [-0.39, 0.29) is 11.7 Å². The topological polar surface area (TPSA) is 75.7 Å². The van der Waals surface area contributed by atoms with Crippen molar-refractivity contribution in [2.75, 3.05) is 7.11 Å². The summed E-state index contributed by atoms with van der Waals surface area (Å²) in [6, 6.07) is 4.37. The third-order valence-corrected chi connectivity index (χ3v) is 4.09. The number of aliphatic hydroxyl groups is 1. The van der Waals surface area contributed by atoms with Crippen LogP contribution in [0.1, 0.15) is 43.7 Å². The first kappa shape index (κ1) is 14.2. The molecule has 0 bridgehead atoms. The number of benzene rings is 1. The molecule has 0 unspecified atom stereocenters. The van der Waals surface area contributed by atoms with Crippen LogP contribution in [0.3, 0.4) is 0 Å².